The summed E-state index contributed by atoms with van der Waals surface area (Å²) < 4.78 is 2.76. The fourth-order valence-corrected chi connectivity index (χ4v) is 1.22. The van der Waals surface area contributed by atoms with Crippen LogP contribution in [0.15, 0.2) is 41.4 Å². The predicted octanol–water partition coefficient (Wildman–Crippen LogP) is 2.03. The van der Waals surface area contributed by atoms with Gasteiger partial charge in [0.2, 0.25) is 0 Å². The normalized spacial score (nSPS) is 10.1. The molecule has 2 aromatic rings. The van der Waals surface area contributed by atoms with Gasteiger partial charge in [0, 0.05) is 18.6 Å². The number of aromatic nitrogens is 3. The first kappa shape index (κ1) is 7.49. The minimum atomic E-state index is 0.972. The van der Waals surface area contributed by atoms with E-state index in [-0.39, 0.29) is 0 Å². The zero-order chi connectivity index (χ0) is 8.39. The van der Waals surface area contributed by atoms with Crippen LogP contribution in [0.25, 0.3) is 5.69 Å². The van der Waals surface area contributed by atoms with Gasteiger partial charge >= 0.3 is 0 Å². The Morgan fingerprint density at radius 3 is 2.58 bits per heavy atom. The van der Waals surface area contributed by atoms with Gasteiger partial charge in [-0.15, -0.1) is 0 Å². The Hall–Kier alpha value is -1.16. The molecule has 0 spiro atoms. The highest BCUT2D eigenvalue weighted by Gasteiger charge is 1.96. The molecule has 0 aliphatic heterocycles. The average Bonchev–Trinajstić information content (AvgIpc) is 2.54. The van der Waals surface area contributed by atoms with E-state index in [1.165, 1.54) is 0 Å². The first-order chi connectivity index (χ1) is 5.86. The van der Waals surface area contributed by atoms with Crippen LogP contribution in [0, 0.1) is 0 Å². The van der Waals surface area contributed by atoms with E-state index in [2.05, 4.69) is 26.0 Å². The summed E-state index contributed by atoms with van der Waals surface area (Å²) in [5.41, 5.74) is 1.01. The molecule has 0 fully saturated rings. The largest absolute Gasteiger partial charge is 0.265 e. The zero-order valence-corrected chi connectivity index (χ0v) is 7.77. The van der Waals surface area contributed by atoms with Crippen molar-refractivity contribution in [2.24, 2.45) is 0 Å². The SMILES string of the molecule is Brc1cnn(-c2ccncc2)c1. The topological polar surface area (TPSA) is 30.7 Å². The Morgan fingerprint density at radius 2 is 2.00 bits per heavy atom. The Labute approximate surface area is 78.2 Å². The van der Waals surface area contributed by atoms with E-state index in [0.29, 0.717) is 0 Å². The number of halogens is 1. The molecule has 2 aromatic heterocycles. The summed E-state index contributed by atoms with van der Waals surface area (Å²) in [6.07, 6.45) is 7.13. The standard InChI is InChI=1S/C8H6BrN3/c9-7-5-11-12(6-7)8-1-3-10-4-2-8/h1-6H. The Morgan fingerprint density at radius 1 is 1.25 bits per heavy atom. The maximum absolute atomic E-state index is 4.13. The van der Waals surface area contributed by atoms with E-state index < -0.39 is 0 Å². The minimum absolute atomic E-state index is 0.972. The van der Waals surface area contributed by atoms with Crippen molar-refractivity contribution in [3.63, 3.8) is 0 Å². The highest BCUT2D eigenvalue weighted by molar-refractivity contribution is 9.10. The Balaban J connectivity index is 2.45. The number of pyridine rings is 1. The van der Waals surface area contributed by atoms with Crippen molar-refractivity contribution in [1.82, 2.24) is 14.8 Å². The summed E-state index contributed by atoms with van der Waals surface area (Å²) in [6.45, 7) is 0. The summed E-state index contributed by atoms with van der Waals surface area (Å²) in [4.78, 5) is 3.92. The molecule has 60 valence electrons. The molecule has 0 unspecified atom stereocenters. The third-order valence-corrected chi connectivity index (χ3v) is 1.89. The van der Waals surface area contributed by atoms with Crippen molar-refractivity contribution in [3.05, 3.63) is 41.4 Å². The van der Waals surface area contributed by atoms with Crippen LogP contribution in [0.2, 0.25) is 0 Å². The maximum atomic E-state index is 4.13. The first-order valence-electron chi connectivity index (χ1n) is 3.47. The molecule has 0 amide bonds. The zero-order valence-electron chi connectivity index (χ0n) is 6.18. The first-order valence-corrected chi connectivity index (χ1v) is 4.26. The number of rotatable bonds is 1. The van der Waals surface area contributed by atoms with Gasteiger partial charge < -0.3 is 0 Å². The van der Waals surface area contributed by atoms with E-state index in [9.17, 15) is 0 Å². The van der Waals surface area contributed by atoms with Crippen LogP contribution in [0.5, 0.6) is 0 Å². The van der Waals surface area contributed by atoms with Crippen molar-refractivity contribution < 1.29 is 0 Å². The molecule has 3 nitrogen and oxygen atoms in total. The predicted molar refractivity (Wildman–Crippen MR) is 49.1 cm³/mol. The fourth-order valence-electron chi connectivity index (χ4n) is 0.939. The Bertz CT molecular complexity index is 369. The van der Waals surface area contributed by atoms with Crippen molar-refractivity contribution in [3.8, 4) is 5.69 Å². The molecule has 0 aromatic carbocycles. The number of hydrogen-bond acceptors (Lipinski definition) is 2. The second kappa shape index (κ2) is 3.06. The van der Waals surface area contributed by atoms with Crippen molar-refractivity contribution in [2.75, 3.05) is 0 Å². The molecule has 0 radical (unpaired) electrons. The van der Waals surface area contributed by atoms with Crippen LogP contribution >= 0.6 is 15.9 Å². The van der Waals surface area contributed by atoms with Gasteiger partial charge in [-0.2, -0.15) is 5.10 Å². The molecule has 0 N–H and O–H groups in total. The van der Waals surface area contributed by atoms with Crippen LogP contribution in [0.1, 0.15) is 0 Å². The van der Waals surface area contributed by atoms with Gasteiger partial charge in [0.05, 0.1) is 16.4 Å². The lowest BCUT2D eigenvalue weighted by atomic mass is 10.4. The molecule has 0 saturated carbocycles. The molecule has 0 aliphatic carbocycles. The summed E-state index contributed by atoms with van der Waals surface area (Å²) in [5, 5.41) is 4.13. The van der Waals surface area contributed by atoms with Gasteiger partial charge in [-0.1, -0.05) is 0 Å². The lowest BCUT2D eigenvalue weighted by Crippen LogP contribution is -1.92. The molecule has 12 heavy (non-hydrogen) atoms. The van der Waals surface area contributed by atoms with Crippen molar-refractivity contribution in [1.29, 1.82) is 0 Å². The number of hydrogen-bond donors (Lipinski definition) is 0. The minimum Gasteiger partial charge on any atom is -0.265 e. The van der Waals surface area contributed by atoms with Gasteiger partial charge in [0.25, 0.3) is 0 Å². The summed E-state index contributed by atoms with van der Waals surface area (Å²) in [7, 11) is 0. The summed E-state index contributed by atoms with van der Waals surface area (Å²) >= 11 is 3.33. The molecular formula is C8H6BrN3. The lowest BCUT2D eigenvalue weighted by molar-refractivity contribution is 0.877. The van der Waals surface area contributed by atoms with Gasteiger partial charge in [0.1, 0.15) is 0 Å². The molecule has 4 heteroatoms. The molecule has 0 bridgehead atoms. The van der Waals surface area contributed by atoms with Crippen LogP contribution < -0.4 is 0 Å². The van der Waals surface area contributed by atoms with Crippen LogP contribution in [0.4, 0.5) is 0 Å². The molecule has 2 rings (SSSR count). The van der Waals surface area contributed by atoms with Gasteiger partial charge in [-0.05, 0) is 28.1 Å². The van der Waals surface area contributed by atoms with E-state index in [1.54, 1.807) is 23.3 Å². The summed E-state index contributed by atoms with van der Waals surface area (Å²) in [5.74, 6) is 0. The lowest BCUT2D eigenvalue weighted by Gasteiger charge is -1.97. The summed E-state index contributed by atoms with van der Waals surface area (Å²) in [6, 6.07) is 3.80. The highest BCUT2D eigenvalue weighted by atomic mass is 79.9. The monoisotopic (exact) mass is 223 g/mol. The average molecular weight is 224 g/mol. The van der Waals surface area contributed by atoms with Gasteiger partial charge in [0.15, 0.2) is 0 Å². The molecule has 0 saturated heterocycles. The van der Waals surface area contributed by atoms with Crippen molar-refractivity contribution >= 4 is 15.9 Å². The van der Waals surface area contributed by atoms with Crippen LogP contribution in [0.3, 0.4) is 0 Å². The maximum Gasteiger partial charge on any atom is 0.0676 e. The third-order valence-electron chi connectivity index (χ3n) is 1.48. The second-order valence-corrected chi connectivity index (χ2v) is 3.22. The van der Waals surface area contributed by atoms with E-state index >= 15 is 0 Å². The highest BCUT2D eigenvalue weighted by Crippen LogP contribution is 2.10. The van der Waals surface area contributed by atoms with Gasteiger partial charge in [-0.25, -0.2) is 4.68 Å². The van der Waals surface area contributed by atoms with Gasteiger partial charge in [-0.3, -0.25) is 4.98 Å². The fraction of sp³-hybridized carbons (Fsp3) is 0. The second-order valence-electron chi connectivity index (χ2n) is 2.31. The molecular weight excluding hydrogens is 218 g/mol. The third kappa shape index (κ3) is 1.38. The van der Waals surface area contributed by atoms with E-state index in [1.807, 2.05) is 18.3 Å². The Kier molecular flexibility index (Phi) is 1.91. The van der Waals surface area contributed by atoms with E-state index in [4.69, 9.17) is 0 Å². The number of nitrogens with zero attached hydrogens (tertiary/aromatic N) is 3. The van der Waals surface area contributed by atoms with Crippen LogP contribution in [-0.4, -0.2) is 14.8 Å². The molecule has 0 aliphatic rings. The van der Waals surface area contributed by atoms with Crippen molar-refractivity contribution in [2.45, 2.75) is 0 Å². The smallest absolute Gasteiger partial charge is 0.0676 e. The quantitative estimate of drug-likeness (QED) is 0.741. The molecule has 0 atom stereocenters. The van der Waals surface area contributed by atoms with E-state index in [0.717, 1.165) is 10.2 Å². The van der Waals surface area contributed by atoms with Crippen LogP contribution in [-0.2, 0) is 0 Å². The molecule has 2 heterocycles.